The Kier molecular flexibility index (Phi) is 8.98. The monoisotopic (exact) mass is 431 g/mol. The number of rotatable bonds is 7. The molecule has 1 aliphatic heterocycles. The number of nitrogens with one attached hydrogen (secondary N) is 2. The number of aromatic amines is 1. The molecule has 0 amide bonds. The summed E-state index contributed by atoms with van der Waals surface area (Å²) >= 11 is 0. The number of hydrogen-bond acceptors (Lipinski definition) is 7. The van der Waals surface area contributed by atoms with Gasteiger partial charge >= 0.3 is 11.7 Å². The fourth-order valence-electron chi connectivity index (χ4n) is 3.39. The molecule has 1 saturated heterocycles. The van der Waals surface area contributed by atoms with Gasteiger partial charge in [-0.15, -0.1) is 0 Å². The Bertz CT molecular complexity index is 920. The topological polar surface area (TPSA) is 142 Å². The van der Waals surface area contributed by atoms with E-state index in [-0.39, 0.29) is 18.7 Å². The number of aryl methyl sites for hydroxylation is 2. The smallest absolute Gasteiger partial charge is 0.349 e. The van der Waals surface area contributed by atoms with Gasteiger partial charge in [-0.2, -0.15) is 4.98 Å². The van der Waals surface area contributed by atoms with Gasteiger partial charge in [-0.1, -0.05) is 6.07 Å². The number of anilines is 2. The molecule has 10 nitrogen and oxygen atoms in total. The van der Waals surface area contributed by atoms with Gasteiger partial charge in [-0.3, -0.25) is 14.7 Å². The molecular weight excluding hydrogens is 402 g/mol. The summed E-state index contributed by atoms with van der Waals surface area (Å²) in [6.07, 6.45) is 5.59. The van der Waals surface area contributed by atoms with Crippen molar-refractivity contribution in [3.8, 4) is 0 Å². The SMILES string of the molecule is CC(=O)[O-].Cc1cn(CCC(=O)O)c(=O)nc1N1CCC(CNc2cccc[nH+]2)CC1. The molecule has 31 heavy (non-hydrogen) atoms. The first-order valence-electron chi connectivity index (χ1n) is 10.2. The minimum atomic E-state index is -1.08. The van der Waals surface area contributed by atoms with Crippen LogP contribution in [0.15, 0.2) is 35.4 Å². The number of carbonyl (C=O) groups excluding carboxylic acids is 1. The lowest BCUT2D eigenvalue weighted by Gasteiger charge is -2.32. The molecule has 0 aromatic carbocycles. The van der Waals surface area contributed by atoms with E-state index < -0.39 is 11.9 Å². The molecule has 2 aromatic rings. The zero-order valence-corrected chi connectivity index (χ0v) is 17.8. The van der Waals surface area contributed by atoms with Crippen LogP contribution in [0.5, 0.6) is 0 Å². The Morgan fingerprint density at radius 1 is 1.32 bits per heavy atom. The summed E-state index contributed by atoms with van der Waals surface area (Å²) in [4.78, 5) is 41.3. The van der Waals surface area contributed by atoms with E-state index in [1.54, 1.807) is 6.20 Å². The van der Waals surface area contributed by atoms with Gasteiger partial charge in [0.25, 0.3) is 5.82 Å². The first-order valence-corrected chi connectivity index (χ1v) is 10.2. The average Bonchev–Trinajstić information content (AvgIpc) is 2.73. The highest BCUT2D eigenvalue weighted by molar-refractivity contribution is 5.66. The maximum atomic E-state index is 12.2. The molecule has 0 spiro atoms. The van der Waals surface area contributed by atoms with Crippen molar-refractivity contribution in [3.63, 3.8) is 0 Å². The van der Waals surface area contributed by atoms with Crippen molar-refractivity contribution in [2.75, 3.05) is 29.9 Å². The summed E-state index contributed by atoms with van der Waals surface area (Å²) in [6.45, 7) is 5.66. The van der Waals surface area contributed by atoms with Crippen molar-refractivity contribution in [2.45, 2.75) is 39.7 Å². The lowest BCUT2D eigenvalue weighted by molar-refractivity contribution is -0.361. The normalized spacial score (nSPS) is 13.8. The zero-order valence-electron chi connectivity index (χ0n) is 17.8. The lowest BCUT2D eigenvalue weighted by Crippen LogP contribution is -2.38. The van der Waals surface area contributed by atoms with E-state index in [0.717, 1.165) is 56.6 Å². The van der Waals surface area contributed by atoms with Crippen LogP contribution >= 0.6 is 0 Å². The minimum absolute atomic E-state index is 0.0857. The van der Waals surface area contributed by atoms with Crippen LogP contribution in [0, 0.1) is 12.8 Å². The summed E-state index contributed by atoms with van der Waals surface area (Å²) in [5.74, 6) is 0.301. The number of carbonyl (C=O) groups is 2. The molecule has 10 heteroatoms. The number of carboxylic acid groups (broad SMARTS) is 2. The third-order valence-corrected chi connectivity index (χ3v) is 4.92. The standard InChI is InChI=1S/C19H25N5O3.C2H4O2/c1-14-13-24(11-7-17(25)26)19(27)22-18(14)23-9-5-15(6-10-23)12-21-16-4-2-3-8-20-16;1-2(3)4/h2-4,8,13,15H,5-7,9-12H2,1H3,(H,20,21)(H,25,26);1H3,(H,3,4). The summed E-state index contributed by atoms with van der Waals surface area (Å²) in [7, 11) is 0. The van der Waals surface area contributed by atoms with Gasteiger partial charge in [0.1, 0.15) is 5.82 Å². The summed E-state index contributed by atoms with van der Waals surface area (Å²) in [5.41, 5.74) is 0.510. The zero-order chi connectivity index (χ0) is 22.8. The number of piperidine rings is 1. The van der Waals surface area contributed by atoms with Gasteiger partial charge in [-0.05, 0) is 38.7 Å². The van der Waals surface area contributed by atoms with Crippen LogP contribution in [0.3, 0.4) is 0 Å². The first-order chi connectivity index (χ1) is 14.8. The molecule has 2 aromatic heterocycles. The molecule has 0 bridgehead atoms. The highest BCUT2D eigenvalue weighted by Gasteiger charge is 2.23. The van der Waals surface area contributed by atoms with Crippen LogP contribution in [-0.4, -0.2) is 46.2 Å². The Labute approximate surface area is 180 Å². The largest absolute Gasteiger partial charge is 0.550 e. The van der Waals surface area contributed by atoms with Crippen LogP contribution in [0.25, 0.3) is 0 Å². The molecule has 0 saturated carbocycles. The second kappa shape index (κ2) is 11.7. The average molecular weight is 431 g/mol. The van der Waals surface area contributed by atoms with Gasteiger partial charge in [0, 0.05) is 43.4 Å². The number of pyridine rings is 1. The molecule has 3 N–H and O–H groups in total. The number of carboxylic acids is 2. The molecule has 0 unspecified atom stereocenters. The van der Waals surface area contributed by atoms with Crippen molar-refractivity contribution in [1.29, 1.82) is 0 Å². The third kappa shape index (κ3) is 8.07. The predicted octanol–water partition coefficient (Wildman–Crippen LogP) is -0.0748. The number of nitrogens with zero attached hydrogens (tertiary/aromatic N) is 3. The molecule has 3 rings (SSSR count). The van der Waals surface area contributed by atoms with E-state index in [4.69, 9.17) is 15.0 Å². The maximum absolute atomic E-state index is 12.2. The number of aliphatic carboxylic acids is 2. The van der Waals surface area contributed by atoms with Crippen molar-refractivity contribution in [3.05, 3.63) is 46.6 Å². The van der Waals surface area contributed by atoms with Crippen LogP contribution < -0.4 is 26.0 Å². The van der Waals surface area contributed by atoms with Crippen molar-refractivity contribution >= 4 is 23.6 Å². The van der Waals surface area contributed by atoms with Gasteiger partial charge in [0.05, 0.1) is 19.2 Å². The van der Waals surface area contributed by atoms with Crippen LogP contribution in [0.4, 0.5) is 11.6 Å². The Balaban J connectivity index is 0.000000785. The molecule has 1 fully saturated rings. The molecule has 168 valence electrons. The Hall–Kier alpha value is -3.43. The fourth-order valence-corrected chi connectivity index (χ4v) is 3.39. The van der Waals surface area contributed by atoms with Gasteiger partial charge < -0.3 is 19.9 Å². The second-order valence-corrected chi connectivity index (χ2v) is 7.45. The summed E-state index contributed by atoms with van der Waals surface area (Å²) < 4.78 is 1.37. The molecule has 0 aliphatic carbocycles. The highest BCUT2D eigenvalue weighted by atomic mass is 16.4. The van der Waals surface area contributed by atoms with Crippen molar-refractivity contribution in [2.24, 2.45) is 5.92 Å². The Morgan fingerprint density at radius 2 is 2.00 bits per heavy atom. The van der Waals surface area contributed by atoms with E-state index in [0.29, 0.717) is 5.92 Å². The maximum Gasteiger partial charge on any atom is 0.349 e. The molecule has 1 aliphatic rings. The van der Waals surface area contributed by atoms with E-state index in [1.165, 1.54) is 4.57 Å². The molecule has 0 atom stereocenters. The third-order valence-electron chi connectivity index (χ3n) is 4.92. The fraction of sp³-hybridized carbons (Fsp3) is 0.476. The minimum Gasteiger partial charge on any atom is -0.550 e. The molecule has 3 heterocycles. The quantitative estimate of drug-likeness (QED) is 0.620. The van der Waals surface area contributed by atoms with Crippen LogP contribution in [0.1, 0.15) is 31.7 Å². The molecular formula is C21H29N5O5. The summed E-state index contributed by atoms with van der Waals surface area (Å²) in [6, 6.07) is 5.96. The van der Waals surface area contributed by atoms with Crippen LogP contribution in [-0.2, 0) is 16.1 Å². The van der Waals surface area contributed by atoms with Gasteiger partial charge in [-0.25, -0.2) is 9.78 Å². The van der Waals surface area contributed by atoms with Crippen LogP contribution in [0.2, 0.25) is 0 Å². The van der Waals surface area contributed by atoms with E-state index in [2.05, 4.69) is 20.2 Å². The van der Waals surface area contributed by atoms with E-state index >= 15 is 0 Å². The van der Waals surface area contributed by atoms with Crippen molar-refractivity contribution < 1.29 is 24.8 Å². The summed E-state index contributed by atoms with van der Waals surface area (Å²) in [5, 5.41) is 21.1. The van der Waals surface area contributed by atoms with E-state index in [9.17, 15) is 9.59 Å². The highest BCUT2D eigenvalue weighted by Crippen LogP contribution is 2.23. The first kappa shape index (κ1) is 23.8. The number of hydrogen-bond donors (Lipinski definition) is 2. The van der Waals surface area contributed by atoms with Crippen molar-refractivity contribution in [1.82, 2.24) is 9.55 Å². The number of aromatic nitrogens is 3. The second-order valence-electron chi connectivity index (χ2n) is 7.45. The molecule has 0 radical (unpaired) electrons. The predicted molar refractivity (Wildman–Crippen MR) is 113 cm³/mol. The van der Waals surface area contributed by atoms with Gasteiger partial charge in [0.2, 0.25) is 0 Å². The number of H-pyrrole nitrogens is 1. The van der Waals surface area contributed by atoms with Gasteiger partial charge in [0.15, 0.2) is 0 Å². The lowest BCUT2D eigenvalue weighted by atomic mass is 9.96. The Morgan fingerprint density at radius 3 is 2.58 bits per heavy atom. The van der Waals surface area contributed by atoms with E-state index in [1.807, 2.05) is 31.3 Å².